The molecule has 0 radical (unpaired) electrons. The summed E-state index contributed by atoms with van der Waals surface area (Å²) in [6.45, 7) is 1.03. The number of benzene rings is 1. The average Bonchev–Trinajstić information content (AvgIpc) is 2.43. The summed E-state index contributed by atoms with van der Waals surface area (Å²) in [5.74, 6) is -0.188. The smallest absolute Gasteiger partial charge is 0.255 e. The van der Waals surface area contributed by atoms with Crippen LogP contribution >= 0.6 is 23.4 Å². The first kappa shape index (κ1) is 16.3. The molecule has 1 rings (SSSR count). The molecule has 1 aromatic carbocycles. The summed E-state index contributed by atoms with van der Waals surface area (Å²) in [6.07, 6.45) is 1.94. The Labute approximate surface area is 122 Å². The van der Waals surface area contributed by atoms with Gasteiger partial charge in [-0.3, -0.25) is 4.79 Å². The summed E-state index contributed by atoms with van der Waals surface area (Å²) >= 11 is 7.62. The third-order valence-electron chi connectivity index (χ3n) is 2.63. The SMILES string of the molecule is COCCN(CCO)C(=O)c1cc(SC)ccc1Cl. The maximum atomic E-state index is 12.4. The Morgan fingerprint density at radius 1 is 1.47 bits per heavy atom. The molecule has 0 atom stereocenters. The zero-order chi connectivity index (χ0) is 14.3. The Kier molecular flexibility index (Phi) is 7.23. The topological polar surface area (TPSA) is 49.8 Å². The number of carbonyl (C=O) groups excluding carboxylic acids is 1. The zero-order valence-electron chi connectivity index (χ0n) is 11.1. The molecule has 0 fully saturated rings. The molecule has 1 aromatic rings. The van der Waals surface area contributed by atoms with Gasteiger partial charge in [0.1, 0.15) is 0 Å². The van der Waals surface area contributed by atoms with E-state index in [0.29, 0.717) is 23.7 Å². The number of hydrogen-bond donors (Lipinski definition) is 1. The minimum atomic E-state index is -0.188. The van der Waals surface area contributed by atoms with E-state index in [-0.39, 0.29) is 19.1 Å². The van der Waals surface area contributed by atoms with Gasteiger partial charge in [0.25, 0.3) is 5.91 Å². The van der Waals surface area contributed by atoms with Crippen molar-refractivity contribution in [2.24, 2.45) is 0 Å². The van der Waals surface area contributed by atoms with Crippen molar-refractivity contribution in [3.63, 3.8) is 0 Å². The molecule has 0 heterocycles. The summed E-state index contributed by atoms with van der Waals surface area (Å²) in [5, 5.41) is 9.45. The summed E-state index contributed by atoms with van der Waals surface area (Å²) < 4.78 is 4.97. The molecule has 0 aliphatic heterocycles. The number of methoxy groups -OCH3 is 1. The van der Waals surface area contributed by atoms with Crippen LogP contribution in [0.4, 0.5) is 0 Å². The predicted molar refractivity (Wildman–Crippen MR) is 78.1 cm³/mol. The summed E-state index contributed by atoms with van der Waals surface area (Å²) in [6, 6.07) is 5.36. The van der Waals surface area contributed by atoms with Crippen LogP contribution in [0, 0.1) is 0 Å². The molecule has 0 unspecified atom stereocenters. The monoisotopic (exact) mass is 303 g/mol. The highest BCUT2D eigenvalue weighted by Gasteiger charge is 2.18. The molecular formula is C13H18ClNO3S. The van der Waals surface area contributed by atoms with E-state index in [0.717, 1.165) is 4.90 Å². The van der Waals surface area contributed by atoms with Gasteiger partial charge in [-0.15, -0.1) is 11.8 Å². The van der Waals surface area contributed by atoms with E-state index in [9.17, 15) is 4.79 Å². The van der Waals surface area contributed by atoms with E-state index in [4.69, 9.17) is 21.4 Å². The van der Waals surface area contributed by atoms with Gasteiger partial charge < -0.3 is 14.7 Å². The lowest BCUT2D eigenvalue weighted by atomic mass is 10.2. The maximum Gasteiger partial charge on any atom is 0.255 e. The fourth-order valence-corrected chi connectivity index (χ4v) is 2.24. The van der Waals surface area contributed by atoms with E-state index in [1.165, 1.54) is 4.90 Å². The lowest BCUT2D eigenvalue weighted by molar-refractivity contribution is 0.0656. The van der Waals surface area contributed by atoms with Gasteiger partial charge in [-0.2, -0.15) is 0 Å². The van der Waals surface area contributed by atoms with Crippen molar-refractivity contribution in [2.75, 3.05) is 39.7 Å². The van der Waals surface area contributed by atoms with Crippen molar-refractivity contribution < 1.29 is 14.6 Å². The number of aliphatic hydroxyl groups is 1. The van der Waals surface area contributed by atoms with E-state index < -0.39 is 0 Å². The van der Waals surface area contributed by atoms with Crippen LogP contribution in [0.25, 0.3) is 0 Å². The van der Waals surface area contributed by atoms with Gasteiger partial charge in [0.2, 0.25) is 0 Å². The molecule has 106 valence electrons. The van der Waals surface area contributed by atoms with E-state index >= 15 is 0 Å². The summed E-state index contributed by atoms with van der Waals surface area (Å²) in [5.41, 5.74) is 0.457. The number of ether oxygens (including phenoxy) is 1. The van der Waals surface area contributed by atoms with Crippen molar-refractivity contribution in [3.8, 4) is 0 Å². The predicted octanol–water partition coefficient (Wildman–Crippen LogP) is 2.14. The van der Waals surface area contributed by atoms with Crippen LogP contribution in [0.5, 0.6) is 0 Å². The van der Waals surface area contributed by atoms with Crippen molar-refractivity contribution in [2.45, 2.75) is 4.90 Å². The minimum Gasteiger partial charge on any atom is -0.395 e. The largest absolute Gasteiger partial charge is 0.395 e. The Balaban J connectivity index is 2.94. The number of amides is 1. The van der Waals surface area contributed by atoms with E-state index in [1.807, 2.05) is 12.3 Å². The highest BCUT2D eigenvalue weighted by Crippen LogP contribution is 2.24. The lowest BCUT2D eigenvalue weighted by Crippen LogP contribution is -2.36. The average molecular weight is 304 g/mol. The highest BCUT2D eigenvalue weighted by atomic mass is 35.5. The van der Waals surface area contributed by atoms with E-state index in [1.54, 1.807) is 31.0 Å². The quantitative estimate of drug-likeness (QED) is 0.784. The molecule has 0 saturated heterocycles. The molecule has 1 amide bonds. The van der Waals surface area contributed by atoms with Crippen LogP contribution in [0.2, 0.25) is 5.02 Å². The van der Waals surface area contributed by atoms with Crippen molar-refractivity contribution in [3.05, 3.63) is 28.8 Å². The van der Waals surface area contributed by atoms with Gasteiger partial charge >= 0.3 is 0 Å². The second-order valence-corrected chi connectivity index (χ2v) is 5.14. The van der Waals surface area contributed by atoms with E-state index in [2.05, 4.69) is 0 Å². The van der Waals surface area contributed by atoms with Gasteiger partial charge in [0, 0.05) is 25.1 Å². The molecule has 0 bridgehead atoms. The molecule has 4 nitrogen and oxygen atoms in total. The fourth-order valence-electron chi connectivity index (χ4n) is 1.60. The Morgan fingerprint density at radius 2 is 2.21 bits per heavy atom. The van der Waals surface area contributed by atoms with Gasteiger partial charge in [0.15, 0.2) is 0 Å². The highest BCUT2D eigenvalue weighted by molar-refractivity contribution is 7.98. The zero-order valence-corrected chi connectivity index (χ0v) is 12.6. The number of aliphatic hydroxyl groups excluding tert-OH is 1. The number of halogens is 1. The molecule has 0 aromatic heterocycles. The standard InChI is InChI=1S/C13H18ClNO3S/c1-18-8-6-15(5-7-16)13(17)11-9-10(19-2)3-4-12(11)14/h3-4,9,16H,5-8H2,1-2H3. The van der Waals surface area contributed by atoms with Crippen LogP contribution in [-0.4, -0.2) is 55.6 Å². The molecule has 19 heavy (non-hydrogen) atoms. The molecule has 0 spiro atoms. The first-order chi connectivity index (χ1) is 9.13. The summed E-state index contributed by atoms with van der Waals surface area (Å²) in [4.78, 5) is 14.9. The van der Waals surface area contributed by atoms with Crippen LogP contribution in [0.1, 0.15) is 10.4 Å². The Hall–Kier alpha value is -0.750. The molecule has 1 N–H and O–H groups in total. The van der Waals surface area contributed by atoms with Crippen molar-refractivity contribution >= 4 is 29.3 Å². The molecular weight excluding hydrogens is 286 g/mol. The number of thioether (sulfide) groups is 1. The second kappa shape index (κ2) is 8.43. The Bertz CT molecular complexity index is 428. The maximum absolute atomic E-state index is 12.4. The molecule has 6 heteroatoms. The lowest BCUT2D eigenvalue weighted by Gasteiger charge is -2.22. The van der Waals surface area contributed by atoms with Gasteiger partial charge in [-0.1, -0.05) is 11.6 Å². The molecule has 0 aliphatic rings. The number of carbonyl (C=O) groups is 1. The van der Waals surface area contributed by atoms with Crippen molar-refractivity contribution in [1.82, 2.24) is 4.90 Å². The van der Waals surface area contributed by atoms with Crippen LogP contribution in [0.15, 0.2) is 23.1 Å². The van der Waals surface area contributed by atoms with Crippen LogP contribution < -0.4 is 0 Å². The van der Waals surface area contributed by atoms with Gasteiger partial charge in [0.05, 0.1) is 23.8 Å². The van der Waals surface area contributed by atoms with Crippen LogP contribution in [-0.2, 0) is 4.74 Å². The first-order valence-electron chi connectivity index (χ1n) is 5.86. The third kappa shape index (κ3) is 4.69. The fraction of sp³-hybridized carbons (Fsp3) is 0.462. The third-order valence-corrected chi connectivity index (χ3v) is 3.68. The Morgan fingerprint density at radius 3 is 2.79 bits per heavy atom. The molecule has 0 aliphatic carbocycles. The first-order valence-corrected chi connectivity index (χ1v) is 7.47. The summed E-state index contributed by atoms with van der Waals surface area (Å²) in [7, 11) is 1.57. The number of rotatable bonds is 7. The van der Waals surface area contributed by atoms with Crippen LogP contribution in [0.3, 0.4) is 0 Å². The van der Waals surface area contributed by atoms with Gasteiger partial charge in [-0.05, 0) is 24.5 Å². The number of nitrogens with zero attached hydrogens (tertiary/aromatic N) is 1. The minimum absolute atomic E-state index is 0.0880. The number of hydrogen-bond acceptors (Lipinski definition) is 4. The van der Waals surface area contributed by atoms with Gasteiger partial charge in [-0.25, -0.2) is 0 Å². The van der Waals surface area contributed by atoms with Crippen molar-refractivity contribution in [1.29, 1.82) is 0 Å². The second-order valence-electron chi connectivity index (χ2n) is 3.85. The molecule has 0 saturated carbocycles. The normalized spacial score (nSPS) is 10.5.